The van der Waals surface area contributed by atoms with E-state index in [1.54, 1.807) is 0 Å². The smallest absolute Gasteiger partial charge is 0.221 e. The Balaban J connectivity index is 3.33. The summed E-state index contributed by atoms with van der Waals surface area (Å²) >= 11 is 0. The van der Waals surface area contributed by atoms with E-state index in [4.69, 9.17) is 0 Å². The van der Waals surface area contributed by atoms with Crippen molar-refractivity contribution >= 4 is 12.7 Å². The maximum Gasteiger partial charge on any atom is 0.221 e. The van der Waals surface area contributed by atoms with Crippen LogP contribution in [-0.4, -0.2) is 17.8 Å². The van der Waals surface area contributed by atoms with Gasteiger partial charge in [0, 0.05) is 17.9 Å². The molecule has 0 amide bonds. The van der Waals surface area contributed by atoms with Gasteiger partial charge in [-0.25, -0.2) is 0 Å². The summed E-state index contributed by atoms with van der Waals surface area (Å²) in [5.74, 6) is 0.536. The molecule has 118 valence electrons. The molecule has 0 aliphatic rings. The zero-order valence-electron chi connectivity index (χ0n) is 14.5. The van der Waals surface area contributed by atoms with Crippen LogP contribution in [0.2, 0.25) is 0 Å². The van der Waals surface area contributed by atoms with E-state index in [1.165, 1.54) is 0 Å². The van der Waals surface area contributed by atoms with Crippen molar-refractivity contribution in [3.8, 4) is 0 Å². The van der Waals surface area contributed by atoms with Gasteiger partial charge < -0.3 is 4.57 Å². The van der Waals surface area contributed by atoms with Crippen LogP contribution in [0.15, 0.2) is 12.1 Å². The quantitative estimate of drug-likeness (QED) is 0.657. The van der Waals surface area contributed by atoms with Crippen LogP contribution in [-0.2, 0) is 4.57 Å². The molecule has 0 aliphatic carbocycles. The standard InChI is InChI=1S/C18H29O2P/c1-12(2)10-21(20,11-13(3)4)18(19)17-15(6)8-14(5)9-16(17)7/h8-9,12-13H,10-11H2,1-7H3. The number of carbonyl (C=O) groups is 1. The molecule has 1 aromatic carbocycles. The van der Waals surface area contributed by atoms with Crippen molar-refractivity contribution in [3.63, 3.8) is 0 Å². The van der Waals surface area contributed by atoms with Crippen LogP contribution in [0.25, 0.3) is 0 Å². The Kier molecular flexibility index (Phi) is 5.99. The van der Waals surface area contributed by atoms with Crippen LogP contribution in [0, 0.1) is 32.6 Å². The molecule has 0 aromatic heterocycles. The lowest BCUT2D eigenvalue weighted by molar-refractivity contribution is 0.107. The van der Waals surface area contributed by atoms with Gasteiger partial charge >= 0.3 is 0 Å². The number of carbonyl (C=O) groups excluding carboxylic acids is 1. The zero-order chi connectivity index (χ0) is 16.4. The van der Waals surface area contributed by atoms with Crippen molar-refractivity contribution in [1.29, 1.82) is 0 Å². The molecule has 1 aromatic rings. The predicted molar refractivity (Wildman–Crippen MR) is 92.0 cm³/mol. The molecule has 0 bridgehead atoms. The van der Waals surface area contributed by atoms with Crippen LogP contribution in [0.1, 0.15) is 54.7 Å². The van der Waals surface area contributed by atoms with Crippen LogP contribution < -0.4 is 0 Å². The lowest BCUT2D eigenvalue weighted by Gasteiger charge is -2.23. The first-order valence-electron chi connectivity index (χ1n) is 7.77. The van der Waals surface area contributed by atoms with Gasteiger partial charge in [-0.15, -0.1) is 0 Å². The van der Waals surface area contributed by atoms with Gasteiger partial charge in [0.2, 0.25) is 5.52 Å². The SMILES string of the molecule is Cc1cc(C)c(C(=O)P(=O)(CC(C)C)CC(C)C)c(C)c1. The maximum atomic E-state index is 13.4. The summed E-state index contributed by atoms with van der Waals surface area (Å²) in [5, 5.41) is 0. The highest BCUT2D eigenvalue weighted by atomic mass is 31.2. The topological polar surface area (TPSA) is 34.1 Å². The van der Waals surface area contributed by atoms with Gasteiger partial charge in [0.1, 0.15) is 0 Å². The third-order valence-corrected chi connectivity index (χ3v) is 7.19. The average Bonchev–Trinajstić information content (AvgIpc) is 2.24. The number of hydrogen-bond donors (Lipinski definition) is 0. The van der Waals surface area contributed by atoms with Gasteiger partial charge in [-0.3, -0.25) is 4.79 Å². The fourth-order valence-corrected chi connectivity index (χ4v) is 6.74. The van der Waals surface area contributed by atoms with E-state index in [0.29, 0.717) is 17.9 Å². The fraction of sp³-hybridized carbons (Fsp3) is 0.611. The van der Waals surface area contributed by atoms with Crippen molar-refractivity contribution in [2.45, 2.75) is 48.5 Å². The largest absolute Gasteiger partial charge is 0.315 e. The molecule has 0 N–H and O–H groups in total. The van der Waals surface area contributed by atoms with Crippen LogP contribution >= 0.6 is 7.14 Å². The van der Waals surface area contributed by atoms with E-state index in [0.717, 1.165) is 16.7 Å². The van der Waals surface area contributed by atoms with Crippen molar-refractivity contribution < 1.29 is 9.36 Å². The van der Waals surface area contributed by atoms with Crippen LogP contribution in [0.5, 0.6) is 0 Å². The molecule has 0 radical (unpaired) electrons. The minimum Gasteiger partial charge on any atom is -0.315 e. The summed E-state index contributed by atoms with van der Waals surface area (Å²) in [5.41, 5.74) is 3.62. The lowest BCUT2D eigenvalue weighted by atomic mass is 10.0. The van der Waals surface area contributed by atoms with Gasteiger partial charge in [0.05, 0.1) is 0 Å². The van der Waals surface area contributed by atoms with E-state index < -0.39 is 7.14 Å². The van der Waals surface area contributed by atoms with Gasteiger partial charge in [-0.05, 0) is 43.7 Å². The third kappa shape index (κ3) is 4.54. The molecule has 0 spiro atoms. The molecular weight excluding hydrogens is 279 g/mol. The summed E-state index contributed by atoms with van der Waals surface area (Å²) in [6.45, 7) is 14.1. The van der Waals surface area contributed by atoms with Crippen molar-refractivity contribution in [2.24, 2.45) is 11.8 Å². The number of rotatable bonds is 6. The van der Waals surface area contributed by atoms with Gasteiger partial charge in [-0.1, -0.05) is 45.4 Å². The average molecular weight is 308 g/mol. The Morgan fingerprint density at radius 3 is 1.67 bits per heavy atom. The molecule has 0 heterocycles. The van der Waals surface area contributed by atoms with Crippen LogP contribution in [0.3, 0.4) is 0 Å². The Hall–Kier alpha value is -0.880. The second-order valence-corrected chi connectivity index (χ2v) is 10.0. The van der Waals surface area contributed by atoms with Crippen molar-refractivity contribution in [3.05, 3.63) is 34.4 Å². The molecular formula is C18H29O2P. The van der Waals surface area contributed by atoms with E-state index in [-0.39, 0.29) is 17.4 Å². The Labute approximate surface area is 129 Å². The van der Waals surface area contributed by atoms with Crippen molar-refractivity contribution in [1.82, 2.24) is 0 Å². The van der Waals surface area contributed by atoms with E-state index in [1.807, 2.05) is 60.6 Å². The summed E-state index contributed by atoms with van der Waals surface area (Å²) < 4.78 is 13.4. The van der Waals surface area contributed by atoms with Crippen molar-refractivity contribution in [2.75, 3.05) is 12.3 Å². The molecule has 0 saturated heterocycles. The monoisotopic (exact) mass is 308 g/mol. The second-order valence-electron chi connectivity index (χ2n) is 7.12. The Morgan fingerprint density at radius 2 is 1.33 bits per heavy atom. The van der Waals surface area contributed by atoms with Crippen LogP contribution in [0.4, 0.5) is 0 Å². The molecule has 21 heavy (non-hydrogen) atoms. The van der Waals surface area contributed by atoms with Gasteiger partial charge in [0.15, 0.2) is 7.14 Å². The first kappa shape index (κ1) is 18.2. The molecule has 0 fully saturated rings. The number of benzene rings is 1. The summed E-state index contributed by atoms with van der Waals surface area (Å²) in [4.78, 5) is 13.0. The predicted octanol–water partition coefficient (Wildman–Crippen LogP) is 5.43. The molecule has 1 rings (SSSR count). The maximum absolute atomic E-state index is 13.4. The van der Waals surface area contributed by atoms with E-state index in [2.05, 4.69) is 0 Å². The van der Waals surface area contributed by atoms with Gasteiger partial charge in [0.25, 0.3) is 0 Å². The molecule has 0 unspecified atom stereocenters. The number of hydrogen-bond acceptors (Lipinski definition) is 2. The third-order valence-electron chi connectivity index (χ3n) is 3.58. The first-order chi connectivity index (χ1) is 9.56. The van der Waals surface area contributed by atoms with E-state index in [9.17, 15) is 9.36 Å². The van der Waals surface area contributed by atoms with E-state index >= 15 is 0 Å². The lowest BCUT2D eigenvalue weighted by Crippen LogP contribution is -2.16. The molecule has 2 nitrogen and oxygen atoms in total. The summed E-state index contributed by atoms with van der Waals surface area (Å²) in [7, 11) is -2.85. The summed E-state index contributed by atoms with van der Waals surface area (Å²) in [6.07, 6.45) is 1.02. The Bertz CT molecular complexity index is 534. The van der Waals surface area contributed by atoms with Gasteiger partial charge in [-0.2, -0.15) is 0 Å². The minimum absolute atomic E-state index is 0.111. The normalized spacial score (nSPS) is 12.2. The molecule has 0 saturated carbocycles. The molecule has 0 aliphatic heterocycles. The zero-order valence-corrected chi connectivity index (χ0v) is 15.4. The first-order valence-corrected chi connectivity index (χ1v) is 9.85. The highest BCUT2D eigenvalue weighted by Gasteiger charge is 2.35. The molecule has 0 atom stereocenters. The fourth-order valence-electron chi connectivity index (χ4n) is 3.14. The highest BCUT2D eigenvalue weighted by molar-refractivity contribution is 7.81. The minimum atomic E-state index is -2.85. The molecule has 3 heteroatoms. The highest BCUT2D eigenvalue weighted by Crippen LogP contribution is 2.52. The Morgan fingerprint density at radius 1 is 0.952 bits per heavy atom. The number of aryl methyl sites for hydroxylation is 3. The summed E-state index contributed by atoms with van der Waals surface area (Å²) in [6, 6.07) is 4.02. The second kappa shape index (κ2) is 6.92.